The first kappa shape index (κ1) is 12.2. The van der Waals surface area contributed by atoms with E-state index in [1.54, 1.807) is 18.5 Å². The minimum Gasteiger partial charge on any atom is -0.392 e. The quantitative estimate of drug-likeness (QED) is 0.659. The van der Waals surface area contributed by atoms with Gasteiger partial charge in [-0.2, -0.15) is 0 Å². The van der Waals surface area contributed by atoms with Crippen molar-refractivity contribution in [2.45, 2.75) is 13.0 Å². The summed E-state index contributed by atoms with van der Waals surface area (Å²) in [6.45, 7) is -0.206. The van der Waals surface area contributed by atoms with Gasteiger partial charge < -0.3 is 5.11 Å². The number of aliphatic hydroxyl groups is 1. The van der Waals surface area contributed by atoms with E-state index in [2.05, 4.69) is 4.98 Å². The lowest BCUT2D eigenvalue weighted by Gasteiger charge is -2.07. The van der Waals surface area contributed by atoms with Crippen LogP contribution < -0.4 is 0 Å². The van der Waals surface area contributed by atoms with Gasteiger partial charge in [0.2, 0.25) is 0 Å². The van der Waals surface area contributed by atoms with Crippen molar-refractivity contribution in [3.8, 4) is 0 Å². The molecule has 0 amide bonds. The molecule has 0 bridgehead atoms. The van der Waals surface area contributed by atoms with Crippen LogP contribution in [0.15, 0.2) is 42.7 Å². The first-order valence-electron chi connectivity index (χ1n) is 5.46. The summed E-state index contributed by atoms with van der Waals surface area (Å²) in [5.74, 6) is 0. The predicted molar refractivity (Wildman–Crippen MR) is 66.1 cm³/mol. The molecule has 0 saturated carbocycles. The predicted octanol–water partition coefficient (Wildman–Crippen LogP) is 2.07. The maximum absolute atomic E-state index is 10.7. The Bertz CT molecular complexity index is 555. The van der Waals surface area contributed by atoms with E-state index >= 15 is 0 Å². The van der Waals surface area contributed by atoms with Crippen LogP contribution in [0.5, 0.6) is 0 Å². The number of hydrogen-bond acceptors (Lipinski definition) is 4. The summed E-state index contributed by atoms with van der Waals surface area (Å²) in [7, 11) is 0. The fourth-order valence-electron chi connectivity index (χ4n) is 1.77. The van der Waals surface area contributed by atoms with Gasteiger partial charge in [0.15, 0.2) is 0 Å². The second-order valence-corrected chi connectivity index (χ2v) is 3.90. The second kappa shape index (κ2) is 5.37. The third-order valence-electron chi connectivity index (χ3n) is 2.71. The van der Waals surface area contributed by atoms with Crippen LogP contribution in [-0.4, -0.2) is 15.0 Å². The van der Waals surface area contributed by atoms with Gasteiger partial charge >= 0.3 is 0 Å². The fraction of sp³-hybridized carbons (Fsp3) is 0.154. The second-order valence-electron chi connectivity index (χ2n) is 3.90. The van der Waals surface area contributed by atoms with Crippen LogP contribution in [0.25, 0.3) is 0 Å². The van der Waals surface area contributed by atoms with Gasteiger partial charge in [-0.1, -0.05) is 6.07 Å². The molecule has 0 aliphatic heterocycles. The number of aliphatic hydroxyl groups excluding tert-OH is 1. The lowest BCUT2D eigenvalue weighted by atomic mass is 10.0. The minimum atomic E-state index is -0.463. The van der Waals surface area contributed by atoms with Crippen molar-refractivity contribution < 1.29 is 10.0 Å². The van der Waals surface area contributed by atoms with Crippen molar-refractivity contribution in [2.75, 3.05) is 0 Å². The Morgan fingerprint density at radius 2 is 1.89 bits per heavy atom. The Hall–Kier alpha value is -2.27. The summed E-state index contributed by atoms with van der Waals surface area (Å²) in [6.07, 6.45) is 4.01. The molecule has 1 aromatic carbocycles. The molecule has 2 rings (SSSR count). The first-order chi connectivity index (χ1) is 8.70. The Labute approximate surface area is 104 Å². The summed E-state index contributed by atoms with van der Waals surface area (Å²) >= 11 is 0. The van der Waals surface area contributed by atoms with Gasteiger partial charge in [0, 0.05) is 24.5 Å². The number of aromatic nitrogens is 1. The maximum Gasteiger partial charge on any atom is 0.269 e. The van der Waals surface area contributed by atoms with Crippen molar-refractivity contribution in [3.05, 3.63) is 69.5 Å². The number of nitro groups is 1. The van der Waals surface area contributed by atoms with E-state index < -0.39 is 4.92 Å². The summed E-state index contributed by atoms with van der Waals surface area (Å²) in [5.41, 5.74) is 2.52. The van der Waals surface area contributed by atoms with E-state index in [1.165, 1.54) is 12.1 Å². The molecule has 5 heteroatoms. The molecule has 1 aromatic heterocycles. The number of pyridine rings is 1. The molecule has 18 heavy (non-hydrogen) atoms. The van der Waals surface area contributed by atoms with Crippen LogP contribution in [0.3, 0.4) is 0 Å². The molecule has 1 heterocycles. The Balaban J connectivity index is 2.31. The lowest BCUT2D eigenvalue weighted by Crippen LogP contribution is -1.98. The Morgan fingerprint density at radius 3 is 2.50 bits per heavy atom. The number of nitrogens with zero attached hydrogens (tertiary/aromatic N) is 2. The average molecular weight is 244 g/mol. The van der Waals surface area contributed by atoms with Gasteiger partial charge in [-0.3, -0.25) is 15.1 Å². The molecule has 0 aliphatic rings. The molecule has 0 saturated heterocycles. The molecule has 0 spiro atoms. The van der Waals surface area contributed by atoms with Gasteiger partial charge in [-0.15, -0.1) is 0 Å². The molecular formula is C13H12N2O3. The standard InChI is InChI=1S/C13H12N2O3/c16-9-12-8-13(15(17)18)2-1-11(12)7-10-3-5-14-6-4-10/h1-6,8,16H,7,9H2. The van der Waals surface area contributed by atoms with Gasteiger partial charge in [-0.25, -0.2) is 0 Å². The van der Waals surface area contributed by atoms with E-state index in [1.807, 2.05) is 12.1 Å². The molecule has 0 fully saturated rings. The van der Waals surface area contributed by atoms with E-state index in [-0.39, 0.29) is 12.3 Å². The van der Waals surface area contributed by atoms with Crippen LogP contribution >= 0.6 is 0 Å². The molecule has 0 atom stereocenters. The smallest absolute Gasteiger partial charge is 0.269 e. The van der Waals surface area contributed by atoms with Gasteiger partial charge in [-0.05, 0) is 35.2 Å². The van der Waals surface area contributed by atoms with Gasteiger partial charge in [0.25, 0.3) is 5.69 Å². The third-order valence-corrected chi connectivity index (χ3v) is 2.71. The van der Waals surface area contributed by atoms with Crippen LogP contribution in [0.2, 0.25) is 0 Å². The molecule has 5 nitrogen and oxygen atoms in total. The highest BCUT2D eigenvalue weighted by Crippen LogP contribution is 2.20. The summed E-state index contributed by atoms with van der Waals surface area (Å²) in [4.78, 5) is 14.1. The molecule has 0 aliphatic carbocycles. The number of hydrogen-bond donors (Lipinski definition) is 1. The van der Waals surface area contributed by atoms with Crippen LogP contribution in [0, 0.1) is 10.1 Å². The van der Waals surface area contributed by atoms with E-state index in [9.17, 15) is 15.2 Å². The van der Waals surface area contributed by atoms with E-state index in [4.69, 9.17) is 0 Å². The van der Waals surface area contributed by atoms with Crippen molar-refractivity contribution in [1.82, 2.24) is 4.98 Å². The highest BCUT2D eigenvalue weighted by atomic mass is 16.6. The van der Waals surface area contributed by atoms with E-state index in [0.29, 0.717) is 12.0 Å². The zero-order valence-electron chi connectivity index (χ0n) is 9.61. The summed E-state index contributed by atoms with van der Waals surface area (Å²) in [5, 5.41) is 19.9. The van der Waals surface area contributed by atoms with Crippen LogP contribution in [-0.2, 0) is 13.0 Å². The summed E-state index contributed by atoms with van der Waals surface area (Å²) < 4.78 is 0. The third kappa shape index (κ3) is 2.70. The van der Waals surface area contributed by atoms with Crippen LogP contribution in [0.4, 0.5) is 5.69 Å². The monoisotopic (exact) mass is 244 g/mol. The minimum absolute atomic E-state index is 0.00229. The lowest BCUT2D eigenvalue weighted by molar-refractivity contribution is -0.385. The molecule has 0 radical (unpaired) electrons. The van der Waals surface area contributed by atoms with Crippen molar-refractivity contribution in [3.63, 3.8) is 0 Å². The molecule has 1 N–H and O–H groups in total. The first-order valence-corrected chi connectivity index (χ1v) is 5.46. The number of rotatable bonds is 4. The average Bonchev–Trinajstić information content (AvgIpc) is 2.40. The zero-order chi connectivity index (χ0) is 13.0. The zero-order valence-corrected chi connectivity index (χ0v) is 9.61. The van der Waals surface area contributed by atoms with Crippen molar-refractivity contribution >= 4 is 5.69 Å². The highest BCUT2D eigenvalue weighted by Gasteiger charge is 2.10. The van der Waals surface area contributed by atoms with Crippen molar-refractivity contribution in [1.29, 1.82) is 0 Å². The fourth-order valence-corrected chi connectivity index (χ4v) is 1.77. The largest absolute Gasteiger partial charge is 0.392 e. The van der Waals surface area contributed by atoms with Crippen LogP contribution in [0.1, 0.15) is 16.7 Å². The Morgan fingerprint density at radius 1 is 1.17 bits per heavy atom. The van der Waals surface area contributed by atoms with Crippen molar-refractivity contribution in [2.24, 2.45) is 0 Å². The van der Waals surface area contributed by atoms with Gasteiger partial charge in [0.05, 0.1) is 11.5 Å². The van der Waals surface area contributed by atoms with Gasteiger partial charge in [0.1, 0.15) is 0 Å². The topological polar surface area (TPSA) is 76.3 Å². The molecule has 0 unspecified atom stereocenters. The number of benzene rings is 1. The SMILES string of the molecule is O=[N+]([O-])c1ccc(Cc2ccncc2)c(CO)c1. The maximum atomic E-state index is 10.7. The number of nitro benzene ring substituents is 1. The molecule has 92 valence electrons. The highest BCUT2D eigenvalue weighted by molar-refractivity contribution is 5.41. The molecule has 2 aromatic rings. The van der Waals surface area contributed by atoms with E-state index in [0.717, 1.165) is 11.1 Å². The normalized spacial score (nSPS) is 10.3. The number of non-ortho nitro benzene ring substituents is 1. The molecular weight excluding hydrogens is 232 g/mol. The summed E-state index contributed by atoms with van der Waals surface area (Å²) in [6, 6.07) is 8.31. The Kier molecular flexibility index (Phi) is 3.64.